The Hall–Kier alpha value is -0.650. The Morgan fingerprint density at radius 3 is 2.09 bits per heavy atom. The molecule has 0 bridgehead atoms. The summed E-state index contributed by atoms with van der Waals surface area (Å²) in [5.74, 6) is 0.163. The van der Waals surface area contributed by atoms with E-state index in [4.69, 9.17) is 10.5 Å². The standard InChI is InChI=1S/C12H24N2O2.C6H13N/c1-9(2)11(13-3)12(15)16-10-5-7-14(4)8-6-10;7-6-4-2-1-3-5-6/h9-11,13H,5-8H2,1-4H3;6H,1-5,7H2. The maximum absolute atomic E-state index is 11.9. The van der Waals surface area contributed by atoms with Crippen LogP contribution in [0.5, 0.6) is 0 Å². The highest BCUT2D eigenvalue weighted by Crippen LogP contribution is 2.15. The van der Waals surface area contributed by atoms with Gasteiger partial charge in [0.05, 0.1) is 0 Å². The second-order valence-corrected chi connectivity index (χ2v) is 7.35. The Morgan fingerprint density at radius 2 is 1.70 bits per heavy atom. The lowest BCUT2D eigenvalue weighted by Gasteiger charge is -2.30. The molecule has 1 unspecified atom stereocenters. The van der Waals surface area contributed by atoms with Gasteiger partial charge in [-0.05, 0) is 45.7 Å². The predicted octanol–water partition coefficient (Wildman–Crippen LogP) is 2.15. The summed E-state index contributed by atoms with van der Waals surface area (Å²) < 4.78 is 5.53. The smallest absolute Gasteiger partial charge is 0.323 e. The highest BCUT2D eigenvalue weighted by molar-refractivity contribution is 5.76. The summed E-state index contributed by atoms with van der Waals surface area (Å²) in [5.41, 5.74) is 5.63. The molecule has 1 aliphatic carbocycles. The van der Waals surface area contributed by atoms with E-state index in [1.807, 2.05) is 13.8 Å². The first-order valence-electron chi connectivity index (χ1n) is 9.26. The molecule has 2 aliphatic rings. The molecule has 23 heavy (non-hydrogen) atoms. The van der Waals surface area contributed by atoms with Crippen molar-refractivity contribution in [3.8, 4) is 0 Å². The first kappa shape index (κ1) is 20.4. The van der Waals surface area contributed by atoms with Crippen LogP contribution in [0.4, 0.5) is 0 Å². The normalized spacial score (nSPS) is 22.3. The van der Waals surface area contributed by atoms with Gasteiger partial charge in [-0.2, -0.15) is 0 Å². The van der Waals surface area contributed by atoms with E-state index >= 15 is 0 Å². The summed E-state index contributed by atoms with van der Waals surface area (Å²) in [6.45, 7) is 6.09. The number of rotatable bonds is 4. The van der Waals surface area contributed by atoms with Crippen LogP contribution in [0.25, 0.3) is 0 Å². The Bertz CT molecular complexity index is 322. The first-order chi connectivity index (χ1) is 10.9. The summed E-state index contributed by atoms with van der Waals surface area (Å²) in [6.07, 6.45) is 8.68. The van der Waals surface area contributed by atoms with Crippen molar-refractivity contribution in [1.29, 1.82) is 0 Å². The number of hydrogen-bond acceptors (Lipinski definition) is 5. The quantitative estimate of drug-likeness (QED) is 0.775. The minimum Gasteiger partial charge on any atom is -0.461 e. The predicted molar refractivity (Wildman–Crippen MR) is 95.4 cm³/mol. The number of nitrogens with two attached hydrogens (primary N) is 1. The topological polar surface area (TPSA) is 67.6 Å². The van der Waals surface area contributed by atoms with Gasteiger partial charge in [0.15, 0.2) is 0 Å². The molecule has 0 aromatic heterocycles. The molecule has 0 spiro atoms. The van der Waals surface area contributed by atoms with Crippen molar-refractivity contribution >= 4 is 5.97 Å². The lowest BCUT2D eigenvalue weighted by atomic mass is 9.97. The van der Waals surface area contributed by atoms with Crippen LogP contribution in [-0.4, -0.2) is 56.2 Å². The van der Waals surface area contributed by atoms with Gasteiger partial charge in [0, 0.05) is 19.1 Å². The lowest BCUT2D eigenvalue weighted by Crippen LogP contribution is -2.43. The van der Waals surface area contributed by atoms with Crippen LogP contribution in [0.3, 0.4) is 0 Å². The van der Waals surface area contributed by atoms with Crippen molar-refractivity contribution in [1.82, 2.24) is 10.2 Å². The number of hydrogen-bond donors (Lipinski definition) is 2. The molecule has 0 amide bonds. The van der Waals surface area contributed by atoms with E-state index in [1.165, 1.54) is 32.1 Å². The third-order valence-corrected chi connectivity index (χ3v) is 4.83. The average Bonchev–Trinajstić information content (AvgIpc) is 2.51. The third-order valence-electron chi connectivity index (χ3n) is 4.83. The maximum Gasteiger partial charge on any atom is 0.323 e. The fourth-order valence-electron chi connectivity index (χ4n) is 3.20. The van der Waals surface area contributed by atoms with Crippen LogP contribution < -0.4 is 11.1 Å². The van der Waals surface area contributed by atoms with Gasteiger partial charge in [-0.1, -0.05) is 33.1 Å². The van der Waals surface area contributed by atoms with E-state index in [0.717, 1.165) is 25.9 Å². The fraction of sp³-hybridized carbons (Fsp3) is 0.944. The number of esters is 1. The van der Waals surface area contributed by atoms with Crippen molar-refractivity contribution in [2.45, 2.75) is 77.0 Å². The summed E-state index contributed by atoms with van der Waals surface area (Å²) >= 11 is 0. The molecule has 5 heteroatoms. The van der Waals surface area contributed by atoms with Gasteiger partial charge in [0.2, 0.25) is 0 Å². The number of nitrogens with one attached hydrogen (secondary N) is 1. The second-order valence-electron chi connectivity index (χ2n) is 7.35. The molecule has 1 atom stereocenters. The molecule has 1 aliphatic heterocycles. The molecule has 1 saturated carbocycles. The zero-order chi connectivity index (χ0) is 17.2. The summed E-state index contributed by atoms with van der Waals surface area (Å²) in [4.78, 5) is 14.1. The van der Waals surface area contributed by atoms with Crippen LogP contribution in [-0.2, 0) is 9.53 Å². The number of carbonyl (C=O) groups excluding carboxylic acids is 1. The number of nitrogens with zero attached hydrogens (tertiary/aromatic N) is 1. The van der Waals surface area contributed by atoms with Crippen molar-refractivity contribution in [3.05, 3.63) is 0 Å². The van der Waals surface area contributed by atoms with Gasteiger partial charge in [-0.15, -0.1) is 0 Å². The monoisotopic (exact) mass is 327 g/mol. The molecule has 2 rings (SSSR count). The highest BCUT2D eigenvalue weighted by Gasteiger charge is 2.26. The Morgan fingerprint density at radius 1 is 1.13 bits per heavy atom. The number of likely N-dealkylation sites (N-methyl/N-ethyl adjacent to an activating group) is 1. The van der Waals surface area contributed by atoms with Crippen LogP contribution in [0, 0.1) is 5.92 Å². The number of likely N-dealkylation sites (tertiary alicyclic amines) is 1. The summed E-state index contributed by atoms with van der Waals surface area (Å²) in [7, 11) is 3.91. The van der Waals surface area contributed by atoms with Crippen molar-refractivity contribution in [2.75, 3.05) is 27.2 Å². The lowest BCUT2D eigenvalue weighted by molar-refractivity contribution is -0.154. The van der Waals surface area contributed by atoms with E-state index in [-0.39, 0.29) is 24.0 Å². The van der Waals surface area contributed by atoms with Crippen molar-refractivity contribution < 1.29 is 9.53 Å². The summed E-state index contributed by atoms with van der Waals surface area (Å²) in [5, 5.41) is 3.01. The Balaban J connectivity index is 0.000000313. The van der Waals surface area contributed by atoms with E-state index in [2.05, 4.69) is 17.3 Å². The van der Waals surface area contributed by atoms with Gasteiger partial charge in [0.1, 0.15) is 12.1 Å². The van der Waals surface area contributed by atoms with E-state index < -0.39 is 0 Å². The van der Waals surface area contributed by atoms with E-state index in [9.17, 15) is 4.79 Å². The number of carbonyl (C=O) groups is 1. The average molecular weight is 328 g/mol. The maximum atomic E-state index is 11.9. The fourth-order valence-corrected chi connectivity index (χ4v) is 3.20. The van der Waals surface area contributed by atoms with Gasteiger partial charge < -0.3 is 20.7 Å². The van der Waals surface area contributed by atoms with Gasteiger partial charge >= 0.3 is 5.97 Å². The van der Waals surface area contributed by atoms with Gasteiger partial charge in [-0.25, -0.2) is 0 Å². The number of piperidine rings is 1. The van der Waals surface area contributed by atoms with Crippen molar-refractivity contribution in [2.24, 2.45) is 11.7 Å². The van der Waals surface area contributed by atoms with Gasteiger partial charge in [-0.3, -0.25) is 4.79 Å². The zero-order valence-electron chi connectivity index (χ0n) is 15.5. The molecular formula is C18H37N3O2. The van der Waals surface area contributed by atoms with Crippen LogP contribution in [0.2, 0.25) is 0 Å². The number of ether oxygens (including phenoxy) is 1. The molecule has 1 saturated heterocycles. The molecule has 1 heterocycles. The van der Waals surface area contributed by atoms with Gasteiger partial charge in [0.25, 0.3) is 0 Å². The molecule has 2 fully saturated rings. The van der Waals surface area contributed by atoms with Crippen LogP contribution in [0.15, 0.2) is 0 Å². The SMILES string of the molecule is CNC(C(=O)OC1CCN(C)CC1)C(C)C.NC1CCCCC1. The zero-order valence-corrected chi connectivity index (χ0v) is 15.5. The van der Waals surface area contributed by atoms with E-state index in [0.29, 0.717) is 6.04 Å². The van der Waals surface area contributed by atoms with Crippen LogP contribution >= 0.6 is 0 Å². The molecule has 0 aromatic carbocycles. The molecule has 136 valence electrons. The Labute approximate surface area is 142 Å². The molecular weight excluding hydrogens is 290 g/mol. The highest BCUT2D eigenvalue weighted by atomic mass is 16.5. The van der Waals surface area contributed by atoms with Crippen molar-refractivity contribution in [3.63, 3.8) is 0 Å². The summed E-state index contributed by atoms with van der Waals surface area (Å²) in [6, 6.07) is 0.355. The molecule has 5 nitrogen and oxygen atoms in total. The molecule has 0 aromatic rings. The molecule has 0 radical (unpaired) electrons. The van der Waals surface area contributed by atoms with Crippen LogP contribution in [0.1, 0.15) is 58.8 Å². The molecule has 3 N–H and O–H groups in total. The third kappa shape index (κ3) is 8.13. The minimum absolute atomic E-state index is 0.105. The second kappa shape index (κ2) is 11.0. The largest absolute Gasteiger partial charge is 0.461 e. The minimum atomic E-state index is -0.181. The Kier molecular flexibility index (Phi) is 9.75. The van der Waals surface area contributed by atoms with E-state index in [1.54, 1.807) is 7.05 Å². The first-order valence-corrected chi connectivity index (χ1v) is 9.26.